The van der Waals surface area contributed by atoms with E-state index in [4.69, 9.17) is 19.9 Å². The van der Waals surface area contributed by atoms with Crippen molar-refractivity contribution in [3.05, 3.63) is 23.8 Å². The molecule has 5 heteroatoms. The minimum Gasteiger partial charge on any atom is -0.493 e. The Morgan fingerprint density at radius 1 is 1.35 bits per heavy atom. The number of rotatable bonds is 6. The van der Waals surface area contributed by atoms with Gasteiger partial charge in [-0.1, -0.05) is 0 Å². The summed E-state index contributed by atoms with van der Waals surface area (Å²) in [6.07, 6.45) is 0. The van der Waals surface area contributed by atoms with Gasteiger partial charge in [-0.3, -0.25) is 0 Å². The molecule has 0 aromatic heterocycles. The molecule has 0 aliphatic rings. The molecule has 94 valence electrons. The largest absolute Gasteiger partial charge is 0.493 e. The van der Waals surface area contributed by atoms with Gasteiger partial charge in [0.2, 0.25) is 0 Å². The summed E-state index contributed by atoms with van der Waals surface area (Å²) in [5.74, 6) is 0.672. The monoisotopic (exact) mass is 239 g/mol. The second-order valence-electron chi connectivity index (χ2n) is 3.22. The van der Waals surface area contributed by atoms with E-state index in [0.29, 0.717) is 36.8 Å². The van der Waals surface area contributed by atoms with E-state index in [1.165, 1.54) is 7.11 Å². The Balaban J connectivity index is 2.87. The molecule has 0 spiro atoms. The lowest BCUT2D eigenvalue weighted by Gasteiger charge is -2.11. The molecule has 0 aliphatic carbocycles. The van der Waals surface area contributed by atoms with Crippen LogP contribution in [0.25, 0.3) is 0 Å². The summed E-state index contributed by atoms with van der Waals surface area (Å²) in [4.78, 5) is 11.5. The molecule has 0 bridgehead atoms. The number of hydrogen-bond donors (Lipinski definition) is 1. The number of nitrogens with two attached hydrogens (primary N) is 1. The van der Waals surface area contributed by atoms with Gasteiger partial charge in [0.15, 0.2) is 11.5 Å². The summed E-state index contributed by atoms with van der Waals surface area (Å²) >= 11 is 0. The zero-order chi connectivity index (χ0) is 12.7. The van der Waals surface area contributed by atoms with Crippen LogP contribution in [0.1, 0.15) is 17.3 Å². The second-order valence-corrected chi connectivity index (χ2v) is 3.22. The van der Waals surface area contributed by atoms with Crippen molar-refractivity contribution in [2.75, 3.05) is 26.9 Å². The van der Waals surface area contributed by atoms with Crippen molar-refractivity contribution in [1.29, 1.82) is 0 Å². The van der Waals surface area contributed by atoms with Crippen molar-refractivity contribution in [3.8, 4) is 11.5 Å². The number of methoxy groups -OCH3 is 1. The Kier molecular flexibility index (Phi) is 5.29. The maximum absolute atomic E-state index is 11.5. The van der Waals surface area contributed by atoms with Crippen LogP contribution < -0.4 is 15.2 Å². The van der Waals surface area contributed by atoms with E-state index in [2.05, 4.69) is 0 Å². The van der Waals surface area contributed by atoms with E-state index in [1.54, 1.807) is 25.1 Å². The number of benzene rings is 1. The molecule has 0 atom stereocenters. The summed E-state index contributed by atoms with van der Waals surface area (Å²) in [5.41, 5.74) is 5.78. The Morgan fingerprint density at radius 2 is 2.12 bits per heavy atom. The fourth-order valence-electron chi connectivity index (χ4n) is 1.30. The minimum absolute atomic E-state index is 0.340. The van der Waals surface area contributed by atoms with Gasteiger partial charge >= 0.3 is 5.97 Å². The van der Waals surface area contributed by atoms with Crippen LogP contribution in [0, 0.1) is 0 Å². The van der Waals surface area contributed by atoms with Gasteiger partial charge in [-0.2, -0.15) is 0 Å². The highest BCUT2D eigenvalue weighted by atomic mass is 16.5. The molecule has 0 fully saturated rings. The number of hydrogen-bond acceptors (Lipinski definition) is 5. The first-order valence-electron chi connectivity index (χ1n) is 5.41. The van der Waals surface area contributed by atoms with Crippen molar-refractivity contribution in [3.63, 3.8) is 0 Å². The molecule has 1 aromatic carbocycles. The van der Waals surface area contributed by atoms with Crippen LogP contribution in [-0.4, -0.2) is 32.8 Å². The van der Waals surface area contributed by atoms with Gasteiger partial charge in [0, 0.05) is 6.54 Å². The SMILES string of the molecule is CCOC(=O)c1ccc(OCCN)c(OC)c1. The van der Waals surface area contributed by atoms with Gasteiger partial charge in [0.1, 0.15) is 6.61 Å². The Labute approximate surface area is 100 Å². The molecule has 0 saturated carbocycles. The van der Waals surface area contributed by atoms with E-state index in [1.807, 2.05) is 0 Å². The van der Waals surface area contributed by atoms with E-state index in [9.17, 15) is 4.79 Å². The van der Waals surface area contributed by atoms with Gasteiger partial charge in [-0.15, -0.1) is 0 Å². The normalized spacial score (nSPS) is 9.82. The molecule has 1 rings (SSSR count). The van der Waals surface area contributed by atoms with E-state index >= 15 is 0 Å². The highest BCUT2D eigenvalue weighted by molar-refractivity contribution is 5.90. The van der Waals surface area contributed by atoms with E-state index < -0.39 is 0 Å². The van der Waals surface area contributed by atoms with Crippen LogP contribution in [0.2, 0.25) is 0 Å². The van der Waals surface area contributed by atoms with Crippen molar-refractivity contribution in [2.45, 2.75) is 6.92 Å². The Bertz CT molecular complexity index is 379. The van der Waals surface area contributed by atoms with Crippen LogP contribution in [0.4, 0.5) is 0 Å². The van der Waals surface area contributed by atoms with Crippen LogP contribution in [0.5, 0.6) is 11.5 Å². The van der Waals surface area contributed by atoms with Gasteiger partial charge < -0.3 is 19.9 Å². The van der Waals surface area contributed by atoms with Gasteiger partial charge in [-0.25, -0.2) is 4.79 Å². The highest BCUT2D eigenvalue weighted by Crippen LogP contribution is 2.28. The smallest absolute Gasteiger partial charge is 0.338 e. The van der Waals surface area contributed by atoms with E-state index in [0.717, 1.165) is 0 Å². The van der Waals surface area contributed by atoms with Crippen LogP contribution in [-0.2, 0) is 4.74 Å². The Morgan fingerprint density at radius 3 is 2.71 bits per heavy atom. The molecular weight excluding hydrogens is 222 g/mol. The number of carbonyl (C=O) groups is 1. The lowest BCUT2D eigenvalue weighted by Crippen LogP contribution is -2.11. The first kappa shape index (κ1) is 13.3. The average Bonchev–Trinajstić information content (AvgIpc) is 2.36. The maximum Gasteiger partial charge on any atom is 0.338 e. The highest BCUT2D eigenvalue weighted by Gasteiger charge is 2.11. The topological polar surface area (TPSA) is 70.8 Å². The average molecular weight is 239 g/mol. The van der Waals surface area contributed by atoms with Crippen molar-refractivity contribution < 1.29 is 19.0 Å². The third-order valence-corrected chi connectivity index (χ3v) is 2.05. The Hall–Kier alpha value is -1.75. The standard InChI is InChI=1S/C12H17NO4/c1-3-16-12(14)9-4-5-10(17-7-6-13)11(8-9)15-2/h4-5,8H,3,6-7,13H2,1-2H3. The molecule has 0 radical (unpaired) electrons. The fraction of sp³-hybridized carbons (Fsp3) is 0.417. The molecule has 0 saturated heterocycles. The molecule has 0 amide bonds. The third-order valence-electron chi connectivity index (χ3n) is 2.05. The summed E-state index contributed by atoms with van der Waals surface area (Å²) in [6.45, 7) is 2.92. The molecule has 0 unspecified atom stereocenters. The molecule has 2 N–H and O–H groups in total. The van der Waals surface area contributed by atoms with Crippen molar-refractivity contribution >= 4 is 5.97 Å². The maximum atomic E-state index is 11.5. The third kappa shape index (κ3) is 3.64. The van der Waals surface area contributed by atoms with Crippen molar-refractivity contribution in [2.24, 2.45) is 5.73 Å². The van der Waals surface area contributed by atoms with Crippen LogP contribution >= 0.6 is 0 Å². The molecule has 5 nitrogen and oxygen atoms in total. The zero-order valence-electron chi connectivity index (χ0n) is 10.1. The summed E-state index contributed by atoms with van der Waals surface area (Å²) in [5, 5.41) is 0. The van der Waals surface area contributed by atoms with Gasteiger partial charge in [-0.05, 0) is 25.1 Å². The van der Waals surface area contributed by atoms with Gasteiger partial charge in [0.05, 0.1) is 19.3 Å². The first-order valence-corrected chi connectivity index (χ1v) is 5.41. The molecule has 17 heavy (non-hydrogen) atoms. The number of carbonyl (C=O) groups excluding carboxylic acids is 1. The molecule has 0 aliphatic heterocycles. The minimum atomic E-state index is -0.379. The van der Waals surface area contributed by atoms with Gasteiger partial charge in [0.25, 0.3) is 0 Å². The fourth-order valence-corrected chi connectivity index (χ4v) is 1.30. The summed E-state index contributed by atoms with van der Waals surface area (Å²) < 4.78 is 15.4. The van der Waals surface area contributed by atoms with Crippen molar-refractivity contribution in [1.82, 2.24) is 0 Å². The summed E-state index contributed by atoms with van der Waals surface area (Å²) in [7, 11) is 1.51. The zero-order valence-corrected chi connectivity index (χ0v) is 10.1. The number of esters is 1. The summed E-state index contributed by atoms with van der Waals surface area (Å²) in [6, 6.07) is 4.89. The lowest BCUT2D eigenvalue weighted by molar-refractivity contribution is 0.0526. The van der Waals surface area contributed by atoms with E-state index in [-0.39, 0.29) is 5.97 Å². The molecule has 0 heterocycles. The molecule has 1 aromatic rings. The quantitative estimate of drug-likeness (QED) is 0.755. The predicted octanol–water partition coefficient (Wildman–Crippen LogP) is 1.21. The predicted molar refractivity (Wildman–Crippen MR) is 63.5 cm³/mol. The second kappa shape index (κ2) is 6.75. The molecular formula is C12H17NO4. The number of ether oxygens (including phenoxy) is 3. The lowest BCUT2D eigenvalue weighted by atomic mass is 10.2. The first-order chi connectivity index (χ1) is 8.22. The van der Waals surface area contributed by atoms with Crippen LogP contribution in [0.3, 0.4) is 0 Å². The van der Waals surface area contributed by atoms with Crippen LogP contribution in [0.15, 0.2) is 18.2 Å².